The van der Waals surface area contributed by atoms with Crippen LogP contribution in [0.2, 0.25) is 0 Å². The van der Waals surface area contributed by atoms with Crippen LogP contribution < -0.4 is 5.73 Å². The summed E-state index contributed by atoms with van der Waals surface area (Å²) in [6, 6.07) is 8.33. The van der Waals surface area contributed by atoms with E-state index >= 15 is 0 Å². The fraction of sp³-hybridized carbons (Fsp3) is 0.300. The number of halogens is 1. The van der Waals surface area contributed by atoms with E-state index in [0.717, 1.165) is 23.7 Å². The number of rotatable bonds is 4. The van der Waals surface area contributed by atoms with E-state index in [4.69, 9.17) is 18.0 Å². The second kappa shape index (κ2) is 5.35. The van der Waals surface area contributed by atoms with Crippen molar-refractivity contribution in [1.82, 2.24) is 0 Å². The van der Waals surface area contributed by atoms with E-state index in [9.17, 15) is 0 Å². The third-order valence-corrected chi connectivity index (χ3v) is 2.53. The number of aryl methyl sites for hydroxylation is 1. The lowest BCUT2D eigenvalue weighted by Gasteiger charge is -2.00. The minimum atomic E-state index is 0.608. The highest BCUT2D eigenvalue weighted by Crippen LogP contribution is 2.12. The van der Waals surface area contributed by atoms with E-state index in [2.05, 4.69) is 40.2 Å². The SMILES string of the molecule is NC(=S)CCCc1ccc(Br)cc1. The van der Waals surface area contributed by atoms with Crippen molar-refractivity contribution in [2.24, 2.45) is 5.73 Å². The lowest BCUT2D eigenvalue weighted by Crippen LogP contribution is -2.07. The molecule has 2 N–H and O–H groups in total. The molecule has 0 aliphatic heterocycles. The maximum atomic E-state index is 5.40. The van der Waals surface area contributed by atoms with Crippen molar-refractivity contribution in [3.05, 3.63) is 34.3 Å². The van der Waals surface area contributed by atoms with E-state index in [1.807, 2.05) is 0 Å². The summed E-state index contributed by atoms with van der Waals surface area (Å²) >= 11 is 8.20. The third-order valence-electron chi connectivity index (χ3n) is 1.80. The van der Waals surface area contributed by atoms with E-state index in [1.54, 1.807) is 0 Å². The summed E-state index contributed by atoms with van der Waals surface area (Å²) in [6.07, 6.45) is 2.92. The quantitative estimate of drug-likeness (QED) is 0.840. The smallest absolute Gasteiger partial charge is 0.0727 e. The average molecular weight is 258 g/mol. The standard InChI is InChI=1S/C10H12BrNS/c11-9-6-4-8(5-7-9)2-1-3-10(12)13/h4-7H,1-3H2,(H2,12,13). The molecule has 70 valence electrons. The number of hydrogen-bond acceptors (Lipinski definition) is 1. The highest BCUT2D eigenvalue weighted by atomic mass is 79.9. The summed E-state index contributed by atoms with van der Waals surface area (Å²) in [5.41, 5.74) is 6.74. The van der Waals surface area contributed by atoms with Gasteiger partial charge in [-0.05, 0) is 37.0 Å². The van der Waals surface area contributed by atoms with Gasteiger partial charge in [-0.1, -0.05) is 40.3 Å². The maximum Gasteiger partial charge on any atom is 0.0727 e. The van der Waals surface area contributed by atoms with Crippen LogP contribution in [0.4, 0.5) is 0 Å². The van der Waals surface area contributed by atoms with Crippen molar-refractivity contribution in [2.75, 3.05) is 0 Å². The van der Waals surface area contributed by atoms with Gasteiger partial charge in [0.1, 0.15) is 0 Å². The van der Waals surface area contributed by atoms with Gasteiger partial charge in [-0.2, -0.15) is 0 Å². The molecule has 0 unspecified atom stereocenters. The largest absolute Gasteiger partial charge is 0.393 e. The van der Waals surface area contributed by atoms with Crippen molar-refractivity contribution in [3.63, 3.8) is 0 Å². The van der Waals surface area contributed by atoms with Crippen LogP contribution in [0, 0.1) is 0 Å². The fourth-order valence-corrected chi connectivity index (χ4v) is 1.53. The van der Waals surface area contributed by atoms with Crippen molar-refractivity contribution < 1.29 is 0 Å². The molecule has 0 aliphatic rings. The molecule has 0 heterocycles. The van der Waals surface area contributed by atoms with Gasteiger partial charge in [-0.25, -0.2) is 0 Å². The first kappa shape index (κ1) is 10.7. The molecule has 1 nitrogen and oxygen atoms in total. The van der Waals surface area contributed by atoms with Crippen LogP contribution in [0.25, 0.3) is 0 Å². The summed E-state index contributed by atoms with van der Waals surface area (Å²) in [7, 11) is 0. The maximum absolute atomic E-state index is 5.40. The molecule has 0 fully saturated rings. The van der Waals surface area contributed by atoms with Crippen LogP contribution in [0.1, 0.15) is 18.4 Å². The molecule has 1 rings (SSSR count). The predicted octanol–water partition coefficient (Wildman–Crippen LogP) is 3.06. The van der Waals surface area contributed by atoms with Crippen LogP contribution >= 0.6 is 28.1 Å². The van der Waals surface area contributed by atoms with Crippen molar-refractivity contribution in [2.45, 2.75) is 19.3 Å². The highest BCUT2D eigenvalue weighted by Gasteiger charge is 1.94. The number of hydrogen-bond donors (Lipinski definition) is 1. The second-order valence-corrected chi connectivity index (χ2v) is 4.39. The molecule has 0 aromatic heterocycles. The second-order valence-electron chi connectivity index (χ2n) is 2.95. The number of nitrogens with two attached hydrogens (primary N) is 1. The minimum Gasteiger partial charge on any atom is -0.393 e. The molecule has 0 bridgehead atoms. The molecular formula is C10H12BrNS. The lowest BCUT2D eigenvalue weighted by molar-refractivity contribution is 0.868. The molecule has 0 saturated carbocycles. The summed E-state index contributed by atoms with van der Waals surface area (Å²) in [5.74, 6) is 0. The Labute approximate surface area is 92.5 Å². The molecule has 0 atom stereocenters. The lowest BCUT2D eigenvalue weighted by atomic mass is 10.1. The first-order valence-electron chi connectivity index (χ1n) is 4.21. The molecule has 0 amide bonds. The van der Waals surface area contributed by atoms with Gasteiger partial charge in [-0.15, -0.1) is 0 Å². The van der Waals surface area contributed by atoms with Crippen LogP contribution in [0.5, 0.6) is 0 Å². The van der Waals surface area contributed by atoms with Gasteiger partial charge >= 0.3 is 0 Å². The summed E-state index contributed by atoms with van der Waals surface area (Å²) in [4.78, 5) is 0.608. The van der Waals surface area contributed by atoms with Gasteiger partial charge < -0.3 is 5.73 Å². The first-order chi connectivity index (χ1) is 6.18. The van der Waals surface area contributed by atoms with E-state index in [1.165, 1.54) is 5.56 Å². The van der Waals surface area contributed by atoms with Gasteiger partial charge in [0.2, 0.25) is 0 Å². The number of benzene rings is 1. The third kappa shape index (κ3) is 4.39. The molecule has 0 aliphatic carbocycles. The molecule has 3 heteroatoms. The van der Waals surface area contributed by atoms with Gasteiger partial charge in [-0.3, -0.25) is 0 Å². The van der Waals surface area contributed by atoms with Crippen LogP contribution in [-0.4, -0.2) is 4.99 Å². The van der Waals surface area contributed by atoms with Crippen LogP contribution in [0.15, 0.2) is 28.7 Å². The number of thiocarbonyl (C=S) groups is 1. The van der Waals surface area contributed by atoms with Gasteiger partial charge in [0.25, 0.3) is 0 Å². The minimum absolute atomic E-state index is 0.608. The van der Waals surface area contributed by atoms with Gasteiger partial charge in [0.05, 0.1) is 4.99 Å². The average Bonchev–Trinajstić information content (AvgIpc) is 2.08. The van der Waals surface area contributed by atoms with Crippen molar-refractivity contribution in [1.29, 1.82) is 0 Å². The Kier molecular flexibility index (Phi) is 4.39. The van der Waals surface area contributed by atoms with E-state index in [0.29, 0.717) is 4.99 Å². The summed E-state index contributed by atoms with van der Waals surface area (Å²) < 4.78 is 1.12. The summed E-state index contributed by atoms with van der Waals surface area (Å²) in [6.45, 7) is 0. The van der Waals surface area contributed by atoms with E-state index < -0.39 is 0 Å². The molecule has 0 spiro atoms. The Morgan fingerprint density at radius 2 is 1.92 bits per heavy atom. The van der Waals surface area contributed by atoms with Crippen LogP contribution in [0.3, 0.4) is 0 Å². The topological polar surface area (TPSA) is 26.0 Å². The normalized spacial score (nSPS) is 9.92. The Hall–Kier alpha value is -0.410. The monoisotopic (exact) mass is 257 g/mol. The Morgan fingerprint density at radius 1 is 1.31 bits per heavy atom. The Balaban J connectivity index is 2.37. The van der Waals surface area contributed by atoms with Crippen LogP contribution in [-0.2, 0) is 6.42 Å². The zero-order valence-electron chi connectivity index (χ0n) is 7.29. The first-order valence-corrected chi connectivity index (χ1v) is 5.41. The van der Waals surface area contributed by atoms with Gasteiger partial charge in [0.15, 0.2) is 0 Å². The van der Waals surface area contributed by atoms with Gasteiger partial charge in [0, 0.05) is 4.47 Å². The fourth-order valence-electron chi connectivity index (χ4n) is 1.12. The highest BCUT2D eigenvalue weighted by molar-refractivity contribution is 9.10. The molecule has 13 heavy (non-hydrogen) atoms. The molecule has 1 aromatic carbocycles. The Bertz CT molecular complexity index is 281. The van der Waals surface area contributed by atoms with Crippen molar-refractivity contribution in [3.8, 4) is 0 Å². The van der Waals surface area contributed by atoms with E-state index in [-0.39, 0.29) is 0 Å². The molecular weight excluding hydrogens is 246 g/mol. The van der Waals surface area contributed by atoms with Crippen molar-refractivity contribution >= 4 is 33.1 Å². The summed E-state index contributed by atoms with van der Waals surface area (Å²) in [5, 5.41) is 0. The Morgan fingerprint density at radius 3 is 2.46 bits per heavy atom. The molecule has 0 radical (unpaired) electrons. The molecule has 0 saturated heterocycles. The zero-order valence-corrected chi connectivity index (χ0v) is 9.70. The zero-order chi connectivity index (χ0) is 9.68. The predicted molar refractivity (Wildman–Crippen MR) is 63.9 cm³/mol. The molecule has 1 aromatic rings.